The Morgan fingerprint density at radius 1 is 1.00 bits per heavy atom. The summed E-state index contributed by atoms with van der Waals surface area (Å²) in [6, 6.07) is 9.74. The van der Waals surface area contributed by atoms with Crippen LogP contribution in [0.15, 0.2) is 47.1 Å². The van der Waals surface area contributed by atoms with Crippen molar-refractivity contribution in [2.75, 3.05) is 18.5 Å². The lowest BCUT2D eigenvalue weighted by molar-refractivity contribution is -0.136. The predicted octanol–water partition coefficient (Wildman–Crippen LogP) is 0.257. The van der Waals surface area contributed by atoms with E-state index in [-0.39, 0.29) is 30.9 Å². The van der Waals surface area contributed by atoms with Crippen LogP contribution in [-0.2, 0) is 16.1 Å². The number of rotatable bonds is 6. The molecule has 0 saturated heterocycles. The van der Waals surface area contributed by atoms with Gasteiger partial charge in [-0.2, -0.15) is 0 Å². The van der Waals surface area contributed by atoms with Gasteiger partial charge in [0.05, 0.1) is 30.7 Å². The highest BCUT2D eigenvalue weighted by atomic mass is 16.3. The number of para-hydroxylation sites is 1. The zero-order chi connectivity index (χ0) is 17.4. The maximum atomic E-state index is 12.2. The van der Waals surface area contributed by atoms with Crippen molar-refractivity contribution >= 4 is 23.4 Å². The average Bonchev–Trinajstić information content (AvgIpc) is 3.11. The molecule has 0 atom stereocenters. The van der Waals surface area contributed by atoms with E-state index in [2.05, 4.69) is 16.0 Å². The second kappa shape index (κ2) is 8.49. The Labute approximate surface area is 137 Å². The average molecular weight is 331 g/mol. The topological polar surface area (TPSA) is 121 Å². The van der Waals surface area contributed by atoms with Gasteiger partial charge in [-0.05, 0) is 24.3 Å². The van der Waals surface area contributed by atoms with Crippen LogP contribution in [0.2, 0.25) is 0 Å². The molecule has 0 saturated carbocycles. The molecule has 1 aromatic carbocycles. The number of carbonyl (C=O) groups excluding carboxylic acids is 3. The second-order valence-corrected chi connectivity index (χ2v) is 4.74. The normalized spacial score (nSPS) is 10.0. The van der Waals surface area contributed by atoms with E-state index in [4.69, 9.17) is 9.52 Å². The number of amides is 3. The molecule has 8 nitrogen and oxygen atoms in total. The van der Waals surface area contributed by atoms with Gasteiger partial charge >= 0.3 is 11.8 Å². The fourth-order valence-electron chi connectivity index (χ4n) is 1.89. The molecule has 0 aliphatic heterocycles. The van der Waals surface area contributed by atoms with E-state index in [1.807, 2.05) is 0 Å². The third kappa shape index (κ3) is 4.68. The predicted molar refractivity (Wildman–Crippen MR) is 85.0 cm³/mol. The van der Waals surface area contributed by atoms with Crippen molar-refractivity contribution in [3.63, 3.8) is 0 Å². The molecular formula is C16H17N3O5. The number of nitrogens with one attached hydrogen (secondary N) is 3. The van der Waals surface area contributed by atoms with Crippen LogP contribution in [0.3, 0.4) is 0 Å². The Bertz CT molecular complexity index is 712. The zero-order valence-corrected chi connectivity index (χ0v) is 12.7. The molecule has 0 radical (unpaired) electrons. The smallest absolute Gasteiger partial charge is 0.313 e. The lowest BCUT2D eigenvalue weighted by Gasteiger charge is -2.11. The van der Waals surface area contributed by atoms with E-state index in [1.54, 1.807) is 24.3 Å². The van der Waals surface area contributed by atoms with Crippen LogP contribution >= 0.6 is 0 Å². The standard InChI is InChI=1S/C16H17N3O5/c20-8-7-17-15(22)16(23)19-13-6-2-1-5-12(13)14(21)18-10-11-4-3-9-24-11/h1-6,9,20H,7-8,10H2,(H,17,22)(H,18,21)(H,19,23). The van der Waals surface area contributed by atoms with E-state index >= 15 is 0 Å². The van der Waals surface area contributed by atoms with E-state index < -0.39 is 17.7 Å². The minimum atomic E-state index is -0.922. The minimum absolute atomic E-state index is 0.0302. The van der Waals surface area contributed by atoms with E-state index in [0.717, 1.165) is 0 Å². The summed E-state index contributed by atoms with van der Waals surface area (Å²) in [4.78, 5) is 35.6. The lowest BCUT2D eigenvalue weighted by Crippen LogP contribution is -2.37. The molecule has 1 heterocycles. The monoisotopic (exact) mass is 331 g/mol. The molecule has 126 valence electrons. The number of anilines is 1. The number of aliphatic hydroxyl groups excluding tert-OH is 1. The van der Waals surface area contributed by atoms with Gasteiger partial charge < -0.3 is 25.5 Å². The van der Waals surface area contributed by atoms with Crippen LogP contribution in [0.25, 0.3) is 0 Å². The summed E-state index contributed by atoms with van der Waals surface area (Å²) in [6.07, 6.45) is 1.50. The molecule has 0 bridgehead atoms. The van der Waals surface area contributed by atoms with Gasteiger partial charge in [-0.25, -0.2) is 0 Å². The third-order valence-corrected chi connectivity index (χ3v) is 3.03. The summed E-state index contributed by atoms with van der Waals surface area (Å²) in [5, 5.41) is 15.9. The van der Waals surface area contributed by atoms with Crippen molar-refractivity contribution in [1.82, 2.24) is 10.6 Å². The van der Waals surface area contributed by atoms with Gasteiger partial charge in [0.2, 0.25) is 0 Å². The van der Waals surface area contributed by atoms with Crippen molar-refractivity contribution in [3.8, 4) is 0 Å². The highest BCUT2D eigenvalue weighted by molar-refractivity contribution is 6.40. The molecule has 8 heteroatoms. The van der Waals surface area contributed by atoms with Crippen LogP contribution < -0.4 is 16.0 Å². The van der Waals surface area contributed by atoms with Crippen LogP contribution in [0.4, 0.5) is 5.69 Å². The van der Waals surface area contributed by atoms with Gasteiger partial charge in [-0.1, -0.05) is 12.1 Å². The van der Waals surface area contributed by atoms with Crippen molar-refractivity contribution in [3.05, 3.63) is 54.0 Å². The minimum Gasteiger partial charge on any atom is -0.467 e. The molecule has 0 spiro atoms. The molecule has 0 aliphatic carbocycles. The molecule has 3 amide bonds. The number of benzene rings is 1. The lowest BCUT2D eigenvalue weighted by atomic mass is 10.1. The summed E-state index contributed by atoms with van der Waals surface area (Å²) >= 11 is 0. The fraction of sp³-hybridized carbons (Fsp3) is 0.188. The van der Waals surface area contributed by atoms with E-state index in [9.17, 15) is 14.4 Å². The summed E-state index contributed by atoms with van der Waals surface area (Å²) in [7, 11) is 0. The number of aliphatic hydroxyl groups is 1. The van der Waals surface area contributed by atoms with Crippen LogP contribution in [0, 0.1) is 0 Å². The van der Waals surface area contributed by atoms with E-state index in [0.29, 0.717) is 5.76 Å². The van der Waals surface area contributed by atoms with Gasteiger partial charge in [0.1, 0.15) is 5.76 Å². The Morgan fingerprint density at radius 2 is 1.79 bits per heavy atom. The molecule has 4 N–H and O–H groups in total. The van der Waals surface area contributed by atoms with Crippen LogP contribution in [0.1, 0.15) is 16.1 Å². The van der Waals surface area contributed by atoms with Crippen molar-refractivity contribution in [2.45, 2.75) is 6.54 Å². The van der Waals surface area contributed by atoms with E-state index in [1.165, 1.54) is 18.4 Å². The summed E-state index contributed by atoms with van der Waals surface area (Å²) in [6.45, 7) is -0.104. The van der Waals surface area contributed by atoms with Gasteiger partial charge in [-0.3, -0.25) is 14.4 Å². The Hall–Kier alpha value is -3.13. The van der Waals surface area contributed by atoms with Crippen LogP contribution in [0.5, 0.6) is 0 Å². The van der Waals surface area contributed by atoms with Gasteiger partial charge in [0.15, 0.2) is 0 Å². The van der Waals surface area contributed by atoms with Gasteiger partial charge in [0, 0.05) is 6.54 Å². The number of hydrogen-bond acceptors (Lipinski definition) is 5. The first-order valence-corrected chi connectivity index (χ1v) is 7.21. The Kier molecular flexibility index (Phi) is 6.09. The molecular weight excluding hydrogens is 314 g/mol. The largest absolute Gasteiger partial charge is 0.467 e. The third-order valence-electron chi connectivity index (χ3n) is 3.03. The number of carbonyl (C=O) groups is 3. The van der Waals surface area contributed by atoms with Crippen molar-refractivity contribution in [2.24, 2.45) is 0 Å². The van der Waals surface area contributed by atoms with Crippen LogP contribution in [-0.4, -0.2) is 36.0 Å². The maximum Gasteiger partial charge on any atom is 0.313 e. The molecule has 2 aromatic rings. The van der Waals surface area contributed by atoms with Gasteiger partial charge in [-0.15, -0.1) is 0 Å². The number of hydrogen-bond donors (Lipinski definition) is 4. The highest BCUT2D eigenvalue weighted by Crippen LogP contribution is 2.15. The second-order valence-electron chi connectivity index (χ2n) is 4.74. The first-order chi connectivity index (χ1) is 11.6. The fourth-order valence-corrected chi connectivity index (χ4v) is 1.89. The Balaban J connectivity index is 2.02. The molecule has 0 fully saturated rings. The van der Waals surface area contributed by atoms with Crippen molar-refractivity contribution < 1.29 is 23.9 Å². The highest BCUT2D eigenvalue weighted by Gasteiger charge is 2.17. The van der Waals surface area contributed by atoms with Crippen molar-refractivity contribution in [1.29, 1.82) is 0 Å². The molecule has 2 rings (SSSR count). The molecule has 0 unspecified atom stereocenters. The maximum absolute atomic E-state index is 12.2. The zero-order valence-electron chi connectivity index (χ0n) is 12.7. The number of furan rings is 1. The molecule has 0 aliphatic rings. The quantitative estimate of drug-likeness (QED) is 0.566. The molecule has 1 aromatic heterocycles. The summed E-state index contributed by atoms with van der Waals surface area (Å²) in [5.74, 6) is -1.64. The summed E-state index contributed by atoms with van der Waals surface area (Å²) < 4.78 is 5.13. The Morgan fingerprint density at radius 3 is 2.50 bits per heavy atom. The first-order valence-electron chi connectivity index (χ1n) is 7.21. The van der Waals surface area contributed by atoms with Gasteiger partial charge in [0.25, 0.3) is 5.91 Å². The molecule has 24 heavy (non-hydrogen) atoms. The summed E-state index contributed by atoms with van der Waals surface area (Å²) in [5.41, 5.74) is 0.422. The SMILES string of the molecule is O=C(NCCO)C(=O)Nc1ccccc1C(=O)NCc1ccco1. The first kappa shape index (κ1) is 17.2.